The second-order valence-corrected chi connectivity index (χ2v) is 14.9. The van der Waals surface area contributed by atoms with Crippen LogP contribution in [0.25, 0.3) is 11.3 Å². The zero-order valence-corrected chi connectivity index (χ0v) is 24.4. The van der Waals surface area contributed by atoms with Crippen molar-refractivity contribution < 1.29 is 8.42 Å². The van der Waals surface area contributed by atoms with Crippen molar-refractivity contribution in [2.45, 2.75) is 101 Å². The van der Waals surface area contributed by atoms with E-state index in [0.29, 0.717) is 4.90 Å². The van der Waals surface area contributed by atoms with E-state index in [0.717, 1.165) is 60.1 Å². The Hall–Kier alpha value is -1.70. The lowest BCUT2D eigenvalue weighted by atomic mass is 9.79. The zero-order chi connectivity index (χ0) is 26.4. The molecule has 1 aliphatic carbocycles. The van der Waals surface area contributed by atoms with Gasteiger partial charge >= 0.3 is 0 Å². The maximum atomic E-state index is 11.8. The fourth-order valence-electron chi connectivity index (χ4n) is 7.68. The van der Waals surface area contributed by atoms with Crippen molar-refractivity contribution in [1.29, 1.82) is 0 Å². The van der Waals surface area contributed by atoms with Crippen molar-refractivity contribution in [2.75, 3.05) is 25.9 Å². The molecule has 0 amide bonds. The molecule has 7 heteroatoms. The van der Waals surface area contributed by atoms with E-state index in [2.05, 4.69) is 34.4 Å². The van der Waals surface area contributed by atoms with Gasteiger partial charge in [0, 0.05) is 55.7 Å². The average molecular weight is 539 g/mol. The lowest BCUT2D eigenvalue weighted by Crippen LogP contribution is -2.55. The van der Waals surface area contributed by atoms with Crippen LogP contribution >= 0.6 is 0 Å². The number of hydrogen-bond donors (Lipinski definition) is 0. The quantitative estimate of drug-likeness (QED) is 0.481. The van der Waals surface area contributed by atoms with E-state index >= 15 is 0 Å². The van der Waals surface area contributed by atoms with Crippen LogP contribution in [0.15, 0.2) is 35.4 Å². The van der Waals surface area contributed by atoms with E-state index < -0.39 is 9.84 Å². The zero-order valence-electron chi connectivity index (χ0n) is 23.6. The Morgan fingerprint density at radius 2 is 1.71 bits per heavy atom. The summed E-state index contributed by atoms with van der Waals surface area (Å²) in [6.07, 6.45) is 15.3. The Labute approximate surface area is 229 Å². The van der Waals surface area contributed by atoms with Crippen molar-refractivity contribution in [3.05, 3.63) is 36.3 Å². The SMILES string of the molecule is CCC1CC(N2CCC([C@@H]3CCc4nc(-c5ccc(S(C)(=O)=O)cc5)cn4C3)CC2)CC(C)N1CC1CC1. The summed E-state index contributed by atoms with van der Waals surface area (Å²) < 4.78 is 26.0. The lowest BCUT2D eigenvalue weighted by molar-refractivity contribution is 0.00534. The summed E-state index contributed by atoms with van der Waals surface area (Å²) in [5.41, 5.74) is 1.95. The second kappa shape index (κ2) is 10.7. The van der Waals surface area contributed by atoms with Gasteiger partial charge in [-0.25, -0.2) is 13.4 Å². The summed E-state index contributed by atoms with van der Waals surface area (Å²) >= 11 is 0. The lowest BCUT2D eigenvalue weighted by Gasteiger charge is -2.49. The molecule has 4 atom stereocenters. The third-order valence-electron chi connectivity index (χ3n) is 10.2. The summed E-state index contributed by atoms with van der Waals surface area (Å²) in [6.45, 7) is 9.85. The molecular formula is C31H46N4O2S. The van der Waals surface area contributed by atoms with Gasteiger partial charge in [-0.1, -0.05) is 19.1 Å². The van der Waals surface area contributed by atoms with Crippen LogP contribution in [-0.4, -0.2) is 71.8 Å². The number of aromatic nitrogens is 2. The van der Waals surface area contributed by atoms with E-state index in [1.165, 1.54) is 83.1 Å². The molecular weight excluding hydrogens is 492 g/mol. The highest BCUT2D eigenvalue weighted by Crippen LogP contribution is 2.38. The molecule has 1 aromatic carbocycles. The molecule has 4 heterocycles. The molecule has 208 valence electrons. The maximum absolute atomic E-state index is 11.8. The summed E-state index contributed by atoms with van der Waals surface area (Å²) in [4.78, 5) is 11.0. The molecule has 0 radical (unpaired) electrons. The minimum Gasteiger partial charge on any atom is -0.334 e. The third kappa shape index (κ3) is 5.62. The average Bonchev–Trinajstić information content (AvgIpc) is 3.64. The van der Waals surface area contributed by atoms with Crippen LogP contribution in [0.3, 0.4) is 0 Å². The molecule has 2 aromatic rings. The number of benzene rings is 1. The van der Waals surface area contributed by atoms with Crippen molar-refractivity contribution in [2.24, 2.45) is 17.8 Å². The number of hydrogen-bond acceptors (Lipinski definition) is 5. The first kappa shape index (κ1) is 26.5. The van der Waals surface area contributed by atoms with E-state index in [1.807, 2.05) is 12.1 Å². The largest absolute Gasteiger partial charge is 0.334 e. The summed E-state index contributed by atoms with van der Waals surface area (Å²) in [5, 5.41) is 0. The van der Waals surface area contributed by atoms with E-state index in [1.54, 1.807) is 12.1 Å². The summed E-state index contributed by atoms with van der Waals surface area (Å²) in [7, 11) is -3.18. The Balaban J connectivity index is 1.04. The number of rotatable bonds is 7. The minimum absolute atomic E-state index is 0.361. The fraction of sp³-hybridized carbons (Fsp3) is 0.710. The smallest absolute Gasteiger partial charge is 0.175 e. The van der Waals surface area contributed by atoms with Crippen LogP contribution in [0.5, 0.6) is 0 Å². The molecule has 3 unspecified atom stereocenters. The Morgan fingerprint density at radius 1 is 0.974 bits per heavy atom. The number of piperidine rings is 2. The Morgan fingerprint density at radius 3 is 2.37 bits per heavy atom. The standard InChI is InChI=1S/C31H46N4O2S/c1-4-27-18-28(17-22(2)35(27)19-23-5-6-23)33-15-13-24(14-16-33)26-9-12-31-32-30(21-34(31)20-26)25-7-10-29(11-8-25)38(3,36)37/h7-8,10-11,21-24,26-28H,4-6,9,12-20H2,1-3H3/t22?,26-,27?,28?/m1/s1. The van der Waals surface area contributed by atoms with Gasteiger partial charge in [0.2, 0.25) is 0 Å². The van der Waals surface area contributed by atoms with Crippen LogP contribution in [0, 0.1) is 17.8 Å². The highest BCUT2D eigenvalue weighted by Gasteiger charge is 2.39. The normalized spacial score (nSPS) is 29.9. The molecule has 6 rings (SSSR count). The number of imidazole rings is 1. The molecule has 38 heavy (non-hydrogen) atoms. The van der Waals surface area contributed by atoms with Gasteiger partial charge in [0.25, 0.3) is 0 Å². The topological polar surface area (TPSA) is 58.4 Å². The van der Waals surface area contributed by atoms with Crippen molar-refractivity contribution in [3.8, 4) is 11.3 Å². The van der Waals surface area contributed by atoms with Crippen molar-refractivity contribution in [3.63, 3.8) is 0 Å². The summed E-state index contributed by atoms with van der Waals surface area (Å²) in [5.74, 6) is 3.72. The third-order valence-corrected chi connectivity index (χ3v) is 11.3. The number of sulfone groups is 1. The van der Waals surface area contributed by atoms with E-state index in [4.69, 9.17) is 4.98 Å². The van der Waals surface area contributed by atoms with Gasteiger partial charge in [0.05, 0.1) is 10.6 Å². The van der Waals surface area contributed by atoms with Crippen LogP contribution in [0.1, 0.15) is 71.0 Å². The molecule has 1 saturated carbocycles. The number of nitrogens with zero attached hydrogens (tertiary/aromatic N) is 4. The van der Waals surface area contributed by atoms with Crippen LogP contribution in [0.4, 0.5) is 0 Å². The maximum Gasteiger partial charge on any atom is 0.175 e. The van der Waals surface area contributed by atoms with Crippen molar-refractivity contribution in [1.82, 2.24) is 19.4 Å². The number of aryl methyl sites for hydroxylation is 1. The fourth-order valence-corrected chi connectivity index (χ4v) is 8.32. The molecule has 2 saturated heterocycles. The number of likely N-dealkylation sites (tertiary alicyclic amines) is 2. The van der Waals surface area contributed by atoms with Crippen LogP contribution in [-0.2, 0) is 22.8 Å². The van der Waals surface area contributed by atoms with Gasteiger partial charge in [-0.05, 0) is 101 Å². The molecule has 0 spiro atoms. The molecule has 3 fully saturated rings. The highest BCUT2D eigenvalue weighted by molar-refractivity contribution is 7.90. The van der Waals surface area contributed by atoms with E-state index in [9.17, 15) is 8.42 Å². The van der Waals surface area contributed by atoms with Gasteiger partial charge in [0.15, 0.2) is 9.84 Å². The molecule has 0 bridgehead atoms. The van der Waals surface area contributed by atoms with Gasteiger partial charge < -0.3 is 9.47 Å². The molecule has 6 nitrogen and oxygen atoms in total. The molecule has 1 aromatic heterocycles. The van der Waals surface area contributed by atoms with Crippen molar-refractivity contribution >= 4 is 9.84 Å². The summed E-state index contributed by atoms with van der Waals surface area (Å²) in [6, 6.07) is 9.44. The van der Waals surface area contributed by atoms with Gasteiger partial charge in [-0.15, -0.1) is 0 Å². The minimum atomic E-state index is -3.18. The van der Waals surface area contributed by atoms with E-state index in [-0.39, 0.29) is 0 Å². The molecule has 0 N–H and O–H groups in total. The first-order chi connectivity index (χ1) is 18.3. The molecule has 3 aliphatic heterocycles. The second-order valence-electron chi connectivity index (χ2n) is 12.8. The molecule has 4 aliphatic rings. The van der Waals surface area contributed by atoms with Gasteiger partial charge in [-0.3, -0.25) is 4.90 Å². The predicted molar refractivity (Wildman–Crippen MR) is 153 cm³/mol. The van der Waals surface area contributed by atoms with Crippen LogP contribution < -0.4 is 0 Å². The monoisotopic (exact) mass is 538 g/mol. The first-order valence-corrected chi connectivity index (χ1v) is 17.0. The Kier molecular flexibility index (Phi) is 7.47. The van der Waals surface area contributed by atoms with Gasteiger partial charge in [-0.2, -0.15) is 0 Å². The first-order valence-electron chi connectivity index (χ1n) is 15.1. The highest BCUT2D eigenvalue weighted by atomic mass is 32.2. The predicted octanol–water partition coefficient (Wildman–Crippen LogP) is 5.27. The van der Waals surface area contributed by atoms with Crippen LogP contribution in [0.2, 0.25) is 0 Å². The number of fused-ring (bicyclic) bond motifs is 1. The van der Waals surface area contributed by atoms with Gasteiger partial charge in [0.1, 0.15) is 5.82 Å². The Bertz CT molecular complexity index is 1210.